The Morgan fingerprint density at radius 1 is 1.05 bits per heavy atom. The van der Waals surface area contributed by atoms with E-state index < -0.39 is 21.6 Å². The minimum absolute atomic E-state index is 0.00911. The van der Waals surface area contributed by atoms with Crippen LogP contribution >= 0.6 is 0 Å². The van der Waals surface area contributed by atoms with E-state index in [1.54, 1.807) is 56.6 Å². The highest BCUT2D eigenvalue weighted by molar-refractivity contribution is 7.91. The number of halogens is 3. The number of hydrogen-bond donors (Lipinski definition) is 1. The maximum absolute atomic E-state index is 13.0. The quantitative estimate of drug-likeness (QED) is 0.364. The molecule has 1 unspecified atom stereocenters. The Morgan fingerprint density at radius 3 is 2.33 bits per heavy atom. The van der Waals surface area contributed by atoms with Crippen LogP contribution < -0.4 is 10.2 Å². The number of benzene rings is 2. The molecule has 1 aromatic heterocycles. The second-order valence-corrected chi connectivity index (χ2v) is 12.1. The van der Waals surface area contributed by atoms with Gasteiger partial charge in [0, 0.05) is 19.6 Å². The number of nitrogens with zero attached hydrogens (tertiary/aromatic N) is 2. The first-order valence-corrected chi connectivity index (χ1v) is 14.7. The number of ether oxygens (including phenoxy) is 1. The van der Waals surface area contributed by atoms with Crippen molar-refractivity contribution in [2.75, 3.05) is 36.2 Å². The van der Waals surface area contributed by atoms with Crippen molar-refractivity contribution in [1.29, 1.82) is 0 Å². The Morgan fingerprint density at radius 2 is 1.75 bits per heavy atom. The third kappa shape index (κ3) is 7.19. The number of pyridine rings is 1. The maximum atomic E-state index is 13.0. The third-order valence-corrected chi connectivity index (χ3v) is 8.88. The minimum atomic E-state index is -4.37. The van der Waals surface area contributed by atoms with Crippen molar-refractivity contribution in [1.82, 2.24) is 4.98 Å². The van der Waals surface area contributed by atoms with E-state index in [1.807, 2.05) is 0 Å². The summed E-state index contributed by atoms with van der Waals surface area (Å²) >= 11 is 0. The van der Waals surface area contributed by atoms with Crippen LogP contribution in [0.2, 0.25) is 0 Å². The molecule has 0 saturated carbocycles. The number of carbonyl (C=O) groups is 1. The molecule has 0 aliphatic carbocycles. The van der Waals surface area contributed by atoms with E-state index in [-0.39, 0.29) is 34.9 Å². The molecule has 2 atom stereocenters. The van der Waals surface area contributed by atoms with E-state index >= 15 is 0 Å². The number of amides is 1. The zero-order valence-electron chi connectivity index (χ0n) is 22.3. The number of rotatable bonds is 9. The third-order valence-electron chi connectivity index (χ3n) is 7.13. The fourth-order valence-corrected chi connectivity index (χ4v) is 5.78. The number of aromatic nitrogens is 1. The van der Waals surface area contributed by atoms with Crippen molar-refractivity contribution in [3.63, 3.8) is 0 Å². The molecule has 1 N–H and O–H groups in total. The summed E-state index contributed by atoms with van der Waals surface area (Å²) in [7, 11) is -1.67. The summed E-state index contributed by atoms with van der Waals surface area (Å²) in [5.74, 6) is 0.466. The van der Waals surface area contributed by atoms with Crippen LogP contribution in [-0.2, 0) is 32.0 Å². The molecule has 214 valence electrons. The Hall–Kier alpha value is -3.44. The molecule has 40 heavy (non-hydrogen) atoms. The number of anilines is 2. The summed E-state index contributed by atoms with van der Waals surface area (Å²) < 4.78 is 68.3. The normalized spacial score (nSPS) is 18.0. The number of nitrogens with one attached hydrogen (secondary N) is 1. The van der Waals surface area contributed by atoms with Gasteiger partial charge in [-0.15, -0.1) is 0 Å². The van der Waals surface area contributed by atoms with Gasteiger partial charge in [0.15, 0.2) is 9.84 Å². The van der Waals surface area contributed by atoms with Gasteiger partial charge in [0.05, 0.1) is 47.2 Å². The monoisotopic (exact) mass is 575 g/mol. The smallest absolute Gasteiger partial charge is 0.383 e. The Balaban J connectivity index is 1.41. The fraction of sp³-hybridized carbons (Fsp3) is 0.379. The average molecular weight is 576 g/mol. The molecule has 0 radical (unpaired) electrons. The van der Waals surface area contributed by atoms with Gasteiger partial charge in [-0.2, -0.15) is 13.2 Å². The molecule has 1 saturated heterocycles. The molecule has 11 heteroatoms. The molecule has 1 aliphatic heterocycles. The van der Waals surface area contributed by atoms with Crippen LogP contribution in [0.5, 0.6) is 0 Å². The van der Waals surface area contributed by atoms with Gasteiger partial charge in [-0.05, 0) is 60.4 Å². The number of alkyl halides is 3. The molecular formula is C29H32F3N3O4S. The molecule has 0 bridgehead atoms. The topological polar surface area (TPSA) is 88.6 Å². The second-order valence-electron chi connectivity index (χ2n) is 9.83. The van der Waals surface area contributed by atoms with Crippen LogP contribution in [0, 0.1) is 0 Å². The van der Waals surface area contributed by atoms with E-state index in [0.717, 1.165) is 30.5 Å². The Kier molecular flexibility index (Phi) is 9.15. The number of piperidine rings is 1. The lowest BCUT2D eigenvalue weighted by molar-refractivity contribution is -0.137. The molecule has 2 heterocycles. The Labute approximate surface area is 232 Å². The van der Waals surface area contributed by atoms with Gasteiger partial charge >= 0.3 is 6.18 Å². The van der Waals surface area contributed by atoms with Crippen molar-refractivity contribution in [2.45, 2.75) is 49.2 Å². The highest BCUT2D eigenvalue weighted by atomic mass is 32.2. The van der Waals surface area contributed by atoms with Gasteiger partial charge in [-0.3, -0.25) is 4.79 Å². The predicted octanol–water partition coefficient (Wildman–Crippen LogP) is 5.47. The van der Waals surface area contributed by atoms with Crippen LogP contribution in [0.15, 0.2) is 71.8 Å². The van der Waals surface area contributed by atoms with E-state index in [2.05, 4.69) is 15.2 Å². The second kappa shape index (κ2) is 12.4. The lowest BCUT2D eigenvalue weighted by Crippen LogP contribution is -2.45. The van der Waals surface area contributed by atoms with E-state index in [0.29, 0.717) is 30.2 Å². The predicted molar refractivity (Wildman–Crippen MR) is 147 cm³/mol. The van der Waals surface area contributed by atoms with Crippen molar-refractivity contribution >= 4 is 27.2 Å². The molecule has 1 fully saturated rings. The number of carbonyl (C=O) groups excluding carboxylic acids is 1. The molecule has 2 aromatic carbocycles. The van der Waals surface area contributed by atoms with Crippen molar-refractivity contribution in [3.8, 4) is 0 Å². The molecule has 0 spiro atoms. The first kappa shape index (κ1) is 29.5. The van der Waals surface area contributed by atoms with Crippen LogP contribution in [-0.4, -0.2) is 51.4 Å². The standard InChI is InChI=1S/C29H32F3N3O4S/c1-3-40(37,38)26-13-4-20(5-14-26)16-28(36)34-24-11-15-27(33-17-24)35-18-22(8-12-25(35)19-39-2)21-6-9-23(10-7-21)29(30,31)32/h4-7,9-11,13-15,17,22,25H,3,8,12,16,18-19H2,1-2H3,(H,34,36)/t22?,25-/m0/s1. The summed E-state index contributed by atoms with van der Waals surface area (Å²) in [4.78, 5) is 19.5. The van der Waals surface area contributed by atoms with Gasteiger partial charge in [0.25, 0.3) is 0 Å². The van der Waals surface area contributed by atoms with Crippen LogP contribution in [0.1, 0.15) is 42.4 Å². The molecule has 1 aliphatic rings. The lowest BCUT2D eigenvalue weighted by Gasteiger charge is -2.40. The van der Waals surface area contributed by atoms with Gasteiger partial charge in [0.1, 0.15) is 5.82 Å². The summed E-state index contributed by atoms with van der Waals surface area (Å²) in [6.07, 6.45) is -1.13. The summed E-state index contributed by atoms with van der Waals surface area (Å²) in [6.45, 7) is 2.64. The van der Waals surface area contributed by atoms with Gasteiger partial charge in [-0.1, -0.05) is 31.2 Å². The average Bonchev–Trinajstić information content (AvgIpc) is 2.94. The SMILES string of the molecule is CCS(=O)(=O)c1ccc(CC(=O)Nc2ccc(N3CC(c4ccc(C(F)(F)F)cc4)CC[C@H]3COC)nc2)cc1. The molecule has 4 rings (SSSR count). The molecule has 1 amide bonds. The summed E-state index contributed by atoms with van der Waals surface area (Å²) in [6, 6.07) is 15.2. The van der Waals surface area contributed by atoms with Crippen LogP contribution in [0.4, 0.5) is 24.7 Å². The Bertz CT molecular complexity index is 1390. The van der Waals surface area contributed by atoms with Crippen LogP contribution in [0.25, 0.3) is 0 Å². The van der Waals surface area contributed by atoms with E-state index in [1.165, 1.54) is 12.1 Å². The maximum Gasteiger partial charge on any atom is 0.416 e. The largest absolute Gasteiger partial charge is 0.416 e. The molecule has 3 aromatic rings. The first-order chi connectivity index (χ1) is 19.0. The van der Waals surface area contributed by atoms with Crippen LogP contribution in [0.3, 0.4) is 0 Å². The first-order valence-electron chi connectivity index (χ1n) is 13.0. The van der Waals surface area contributed by atoms with Crippen molar-refractivity contribution in [2.24, 2.45) is 0 Å². The zero-order valence-corrected chi connectivity index (χ0v) is 23.1. The van der Waals surface area contributed by atoms with Crippen molar-refractivity contribution in [3.05, 3.63) is 83.6 Å². The van der Waals surface area contributed by atoms with Gasteiger partial charge in [0.2, 0.25) is 5.91 Å². The molecule has 7 nitrogen and oxygen atoms in total. The minimum Gasteiger partial charge on any atom is -0.383 e. The summed E-state index contributed by atoms with van der Waals surface area (Å²) in [5.41, 5.74) is 1.38. The highest BCUT2D eigenvalue weighted by Crippen LogP contribution is 2.35. The zero-order chi connectivity index (χ0) is 28.9. The van der Waals surface area contributed by atoms with Gasteiger partial charge in [-0.25, -0.2) is 13.4 Å². The van der Waals surface area contributed by atoms with Crippen molar-refractivity contribution < 1.29 is 31.1 Å². The molecular weight excluding hydrogens is 543 g/mol. The number of methoxy groups -OCH3 is 1. The number of sulfone groups is 1. The van der Waals surface area contributed by atoms with E-state index in [9.17, 15) is 26.4 Å². The summed E-state index contributed by atoms with van der Waals surface area (Å²) in [5, 5.41) is 2.81. The van der Waals surface area contributed by atoms with E-state index in [4.69, 9.17) is 4.74 Å². The lowest BCUT2D eigenvalue weighted by atomic mass is 9.87. The highest BCUT2D eigenvalue weighted by Gasteiger charge is 2.32. The van der Waals surface area contributed by atoms with Gasteiger partial charge < -0.3 is 15.0 Å². The fourth-order valence-electron chi connectivity index (χ4n) is 4.89. The number of hydrogen-bond acceptors (Lipinski definition) is 6.